The lowest BCUT2D eigenvalue weighted by atomic mass is 10.2. The van der Waals surface area contributed by atoms with Gasteiger partial charge >= 0.3 is 5.97 Å². The molecule has 98 valence electrons. The van der Waals surface area contributed by atoms with Crippen molar-refractivity contribution in [2.45, 2.75) is 6.92 Å². The average Bonchev–Trinajstić information content (AvgIpc) is 2.34. The molecule has 0 atom stereocenters. The zero-order chi connectivity index (χ0) is 13.4. The first kappa shape index (κ1) is 14.7. The van der Waals surface area contributed by atoms with Gasteiger partial charge in [0.15, 0.2) is 0 Å². The van der Waals surface area contributed by atoms with Crippen molar-refractivity contribution >= 4 is 28.0 Å². The summed E-state index contributed by atoms with van der Waals surface area (Å²) in [5.74, 6) is -0.356. The third kappa shape index (κ3) is 5.33. The largest absolute Gasteiger partial charge is 0.491 e. The molecule has 0 radical (unpaired) electrons. The van der Waals surface area contributed by atoms with Gasteiger partial charge in [-0.3, -0.25) is 0 Å². The van der Waals surface area contributed by atoms with E-state index in [-0.39, 0.29) is 0 Å². The summed E-state index contributed by atoms with van der Waals surface area (Å²) >= 11 is 3.33. The van der Waals surface area contributed by atoms with Gasteiger partial charge in [0.05, 0.1) is 6.61 Å². The molecular formula is C13H15BrO4. The van der Waals surface area contributed by atoms with E-state index < -0.39 is 5.97 Å². The van der Waals surface area contributed by atoms with Gasteiger partial charge in [0.2, 0.25) is 0 Å². The minimum absolute atomic E-state index is 0.434. The van der Waals surface area contributed by atoms with Crippen LogP contribution in [0.4, 0.5) is 0 Å². The number of ether oxygens (including phenoxy) is 2. The van der Waals surface area contributed by atoms with E-state index in [1.807, 2.05) is 13.0 Å². The third-order valence-electron chi connectivity index (χ3n) is 2.07. The van der Waals surface area contributed by atoms with E-state index in [1.54, 1.807) is 12.1 Å². The molecule has 0 spiro atoms. The van der Waals surface area contributed by atoms with Crippen LogP contribution in [-0.4, -0.2) is 30.9 Å². The average molecular weight is 315 g/mol. The predicted octanol–water partition coefficient (Wildman–Crippen LogP) is 2.96. The van der Waals surface area contributed by atoms with Crippen molar-refractivity contribution < 1.29 is 19.4 Å². The van der Waals surface area contributed by atoms with Crippen LogP contribution in [0.2, 0.25) is 0 Å². The first-order valence-corrected chi connectivity index (χ1v) is 6.34. The number of hydrogen-bond donors (Lipinski definition) is 1. The van der Waals surface area contributed by atoms with Gasteiger partial charge in [0.25, 0.3) is 0 Å². The Morgan fingerprint density at radius 1 is 1.44 bits per heavy atom. The predicted molar refractivity (Wildman–Crippen MR) is 72.8 cm³/mol. The number of aliphatic carboxylic acids is 1. The van der Waals surface area contributed by atoms with E-state index in [9.17, 15) is 4.79 Å². The molecular weight excluding hydrogens is 300 g/mol. The van der Waals surface area contributed by atoms with Crippen molar-refractivity contribution in [1.82, 2.24) is 0 Å². The van der Waals surface area contributed by atoms with Crippen LogP contribution in [0.1, 0.15) is 12.5 Å². The monoisotopic (exact) mass is 314 g/mol. The van der Waals surface area contributed by atoms with E-state index in [4.69, 9.17) is 14.6 Å². The fraction of sp³-hybridized carbons (Fsp3) is 0.308. The molecule has 0 aliphatic carbocycles. The van der Waals surface area contributed by atoms with Crippen LogP contribution in [0.15, 0.2) is 28.7 Å². The molecule has 0 saturated heterocycles. The number of carboxylic acids is 1. The number of benzene rings is 1. The zero-order valence-corrected chi connectivity index (χ0v) is 11.6. The molecule has 1 rings (SSSR count). The van der Waals surface area contributed by atoms with Crippen molar-refractivity contribution in [3.05, 3.63) is 34.3 Å². The third-order valence-corrected chi connectivity index (χ3v) is 2.56. The van der Waals surface area contributed by atoms with E-state index in [0.29, 0.717) is 31.1 Å². The standard InChI is InChI=1S/C13H15BrO4/c1-2-17-7-8-18-12-5-4-11(14)9-10(12)3-6-13(15)16/h3-6,9H,2,7-8H2,1H3,(H,15,16). The Morgan fingerprint density at radius 3 is 2.89 bits per heavy atom. The Hall–Kier alpha value is -1.33. The lowest BCUT2D eigenvalue weighted by Crippen LogP contribution is -2.07. The summed E-state index contributed by atoms with van der Waals surface area (Å²) < 4.78 is 11.6. The summed E-state index contributed by atoms with van der Waals surface area (Å²) in [4.78, 5) is 10.5. The summed E-state index contributed by atoms with van der Waals surface area (Å²) in [6.45, 7) is 3.51. The topological polar surface area (TPSA) is 55.8 Å². The number of hydrogen-bond acceptors (Lipinski definition) is 3. The summed E-state index contributed by atoms with van der Waals surface area (Å²) in [6, 6.07) is 5.43. The molecule has 0 aliphatic rings. The fourth-order valence-corrected chi connectivity index (χ4v) is 1.68. The molecule has 1 N–H and O–H groups in total. The first-order chi connectivity index (χ1) is 8.63. The smallest absolute Gasteiger partial charge is 0.328 e. The molecule has 4 nitrogen and oxygen atoms in total. The molecule has 1 aromatic carbocycles. The highest BCUT2D eigenvalue weighted by molar-refractivity contribution is 9.10. The van der Waals surface area contributed by atoms with E-state index in [1.165, 1.54) is 6.08 Å². The Morgan fingerprint density at radius 2 is 2.22 bits per heavy atom. The minimum Gasteiger partial charge on any atom is -0.491 e. The highest BCUT2D eigenvalue weighted by atomic mass is 79.9. The lowest BCUT2D eigenvalue weighted by molar-refractivity contribution is -0.131. The number of carboxylic acid groups (broad SMARTS) is 1. The molecule has 0 aromatic heterocycles. The lowest BCUT2D eigenvalue weighted by Gasteiger charge is -2.09. The van der Waals surface area contributed by atoms with Gasteiger partial charge in [0.1, 0.15) is 12.4 Å². The SMILES string of the molecule is CCOCCOc1ccc(Br)cc1C=CC(=O)O. The van der Waals surface area contributed by atoms with Gasteiger partial charge in [-0.1, -0.05) is 15.9 Å². The van der Waals surface area contributed by atoms with Gasteiger partial charge < -0.3 is 14.6 Å². The van der Waals surface area contributed by atoms with Crippen molar-refractivity contribution in [3.63, 3.8) is 0 Å². The maximum Gasteiger partial charge on any atom is 0.328 e. The Bertz CT molecular complexity index is 429. The number of carbonyl (C=O) groups is 1. The Balaban J connectivity index is 2.73. The second-order valence-corrected chi connectivity index (χ2v) is 4.31. The normalized spacial score (nSPS) is 10.8. The fourth-order valence-electron chi connectivity index (χ4n) is 1.30. The Kier molecular flexibility index (Phi) is 6.46. The summed E-state index contributed by atoms with van der Waals surface area (Å²) in [5, 5.41) is 8.62. The molecule has 18 heavy (non-hydrogen) atoms. The van der Waals surface area contributed by atoms with Gasteiger partial charge in [0, 0.05) is 22.7 Å². The van der Waals surface area contributed by atoms with Crippen LogP contribution >= 0.6 is 15.9 Å². The second-order valence-electron chi connectivity index (χ2n) is 3.40. The number of halogens is 1. The van der Waals surface area contributed by atoms with Crippen molar-refractivity contribution in [1.29, 1.82) is 0 Å². The van der Waals surface area contributed by atoms with Crippen LogP contribution in [-0.2, 0) is 9.53 Å². The quantitative estimate of drug-likeness (QED) is 0.621. The van der Waals surface area contributed by atoms with Gasteiger partial charge in [-0.05, 0) is 31.2 Å². The molecule has 0 aliphatic heterocycles. The highest BCUT2D eigenvalue weighted by Crippen LogP contribution is 2.24. The summed E-state index contributed by atoms with van der Waals surface area (Å²) in [5.41, 5.74) is 0.711. The van der Waals surface area contributed by atoms with Crippen LogP contribution < -0.4 is 4.74 Å². The minimum atomic E-state index is -0.991. The summed E-state index contributed by atoms with van der Waals surface area (Å²) in [6.07, 6.45) is 2.58. The van der Waals surface area contributed by atoms with E-state index >= 15 is 0 Å². The van der Waals surface area contributed by atoms with Crippen molar-refractivity contribution in [3.8, 4) is 5.75 Å². The molecule has 0 saturated carbocycles. The number of rotatable bonds is 7. The first-order valence-electron chi connectivity index (χ1n) is 5.54. The molecule has 5 heteroatoms. The van der Waals surface area contributed by atoms with E-state index in [0.717, 1.165) is 10.5 Å². The van der Waals surface area contributed by atoms with Crippen LogP contribution in [0, 0.1) is 0 Å². The highest BCUT2D eigenvalue weighted by Gasteiger charge is 2.02. The van der Waals surface area contributed by atoms with Gasteiger partial charge in [-0.2, -0.15) is 0 Å². The van der Waals surface area contributed by atoms with Crippen LogP contribution in [0.25, 0.3) is 6.08 Å². The maximum absolute atomic E-state index is 10.5. The van der Waals surface area contributed by atoms with E-state index in [2.05, 4.69) is 15.9 Å². The molecule has 0 amide bonds. The summed E-state index contributed by atoms with van der Waals surface area (Å²) in [7, 11) is 0. The molecule has 0 heterocycles. The molecule has 1 aromatic rings. The van der Waals surface area contributed by atoms with Gasteiger partial charge in [-0.15, -0.1) is 0 Å². The van der Waals surface area contributed by atoms with Crippen molar-refractivity contribution in [2.24, 2.45) is 0 Å². The second kappa shape index (κ2) is 7.89. The van der Waals surface area contributed by atoms with Crippen LogP contribution in [0.3, 0.4) is 0 Å². The molecule has 0 fully saturated rings. The zero-order valence-electron chi connectivity index (χ0n) is 10.1. The molecule has 0 unspecified atom stereocenters. The maximum atomic E-state index is 10.5. The van der Waals surface area contributed by atoms with Gasteiger partial charge in [-0.25, -0.2) is 4.79 Å². The van der Waals surface area contributed by atoms with Crippen LogP contribution in [0.5, 0.6) is 5.75 Å². The molecule has 0 bridgehead atoms. The Labute approximate surface area is 114 Å². The van der Waals surface area contributed by atoms with Crippen molar-refractivity contribution in [2.75, 3.05) is 19.8 Å².